The van der Waals surface area contributed by atoms with Crippen molar-refractivity contribution >= 4 is 33.3 Å². The number of hydrogen-bond donors (Lipinski definition) is 0. The molecule has 0 saturated carbocycles. The van der Waals surface area contributed by atoms with Crippen molar-refractivity contribution in [2.45, 2.75) is 30.2 Å². The van der Waals surface area contributed by atoms with Crippen molar-refractivity contribution in [3.8, 4) is 0 Å². The Hall–Kier alpha value is -1.30. The monoisotopic (exact) mass is 413 g/mol. The maximum absolute atomic E-state index is 12.4. The molecular formula is C17H23N3O5S2. The highest BCUT2D eigenvalue weighted by molar-refractivity contribution is 7.89. The minimum atomic E-state index is -3.53. The first-order valence-corrected chi connectivity index (χ1v) is 10.7. The predicted molar refractivity (Wildman–Crippen MR) is 101 cm³/mol. The minimum absolute atomic E-state index is 0.218. The molecule has 8 nitrogen and oxygen atoms in total. The van der Waals surface area contributed by atoms with Gasteiger partial charge in [-0.1, -0.05) is 0 Å². The fourth-order valence-corrected chi connectivity index (χ4v) is 4.74. The van der Waals surface area contributed by atoms with Crippen LogP contribution in [0.1, 0.15) is 12.8 Å². The molecule has 4 rings (SSSR count). The molecule has 2 aliphatic rings. The Bertz CT molecular complexity index is 995. The van der Waals surface area contributed by atoms with Gasteiger partial charge >= 0.3 is 0 Å². The van der Waals surface area contributed by atoms with Crippen LogP contribution in [0.3, 0.4) is 0 Å². The van der Waals surface area contributed by atoms with E-state index in [9.17, 15) is 8.42 Å². The summed E-state index contributed by atoms with van der Waals surface area (Å²) in [5.74, 6) is -0.427. The largest absolute Gasteiger partial charge is 0.429 e. The summed E-state index contributed by atoms with van der Waals surface area (Å²) in [6.45, 7) is 3.46. The van der Waals surface area contributed by atoms with Gasteiger partial charge in [0.15, 0.2) is 11.4 Å². The van der Waals surface area contributed by atoms with Crippen LogP contribution >= 0.6 is 12.2 Å². The number of oxazole rings is 1. The summed E-state index contributed by atoms with van der Waals surface area (Å²) in [6, 6.07) is 4.82. The Morgan fingerprint density at radius 3 is 2.48 bits per heavy atom. The molecular weight excluding hydrogens is 390 g/mol. The van der Waals surface area contributed by atoms with Crippen LogP contribution in [0.2, 0.25) is 0 Å². The lowest BCUT2D eigenvalue weighted by Crippen LogP contribution is -2.45. The van der Waals surface area contributed by atoms with E-state index in [1.807, 2.05) is 4.57 Å². The highest BCUT2D eigenvalue weighted by Gasteiger charge is 2.39. The number of sulfonamides is 1. The number of likely N-dealkylation sites (tertiary alicyclic amines) is 1. The molecule has 1 aromatic heterocycles. The molecule has 0 N–H and O–H groups in total. The first-order chi connectivity index (χ1) is 12.8. The molecule has 2 aliphatic heterocycles. The SMILES string of the molecule is CN(C)S(=O)(=O)c1ccc2oc(=S)n(CN3CCC4(CC3)OCCO4)c2c1. The maximum atomic E-state index is 12.4. The smallest absolute Gasteiger partial charge is 0.270 e. The van der Waals surface area contributed by atoms with Gasteiger partial charge in [-0.15, -0.1) is 0 Å². The average Bonchev–Trinajstić information content (AvgIpc) is 3.21. The van der Waals surface area contributed by atoms with E-state index < -0.39 is 15.8 Å². The van der Waals surface area contributed by atoms with Crippen LogP contribution in [0.5, 0.6) is 0 Å². The van der Waals surface area contributed by atoms with Crippen LogP contribution in [0, 0.1) is 4.84 Å². The van der Waals surface area contributed by atoms with Crippen molar-refractivity contribution in [3.05, 3.63) is 23.0 Å². The number of piperidine rings is 1. The predicted octanol–water partition coefficient (Wildman–Crippen LogP) is 2.01. The zero-order chi connectivity index (χ0) is 19.2. The molecule has 10 heteroatoms. The molecule has 1 spiro atoms. The zero-order valence-corrected chi connectivity index (χ0v) is 17.0. The third-order valence-electron chi connectivity index (χ3n) is 5.19. The highest BCUT2D eigenvalue weighted by atomic mass is 32.2. The topological polar surface area (TPSA) is 77.2 Å². The summed E-state index contributed by atoms with van der Waals surface area (Å²) in [5.41, 5.74) is 1.25. The molecule has 1 aromatic carbocycles. The lowest BCUT2D eigenvalue weighted by atomic mass is 10.0. The van der Waals surface area contributed by atoms with Crippen molar-refractivity contribution in [2.75, 3.05) is 40.4 Å². The standard InChI is InChI=1S/C17H23N3O5S2/c1-18(2)27(21,22)13-3-4-15-14(11-13)20(16(26)25-15)12-19-7-5-17(6-8-19)23-9-10-24-17/h3-4,11H,5-10,12H2,1-2H3. The van der Waals surface area contributed by atoms with Crippen molar-refractivity contribution in [1.82, 2.24) is 13.8 Å². The van der Waals surface area contributed by atoms with Crippen LogP contribution in [0.15, 0.2) is 27.5 Å². The van der Waals surface area contributed by atoms with Crippen LogP contribution < -0.4 is 0 Å². The summed E-state index contributed by atoms with van der Waals surface area (Å²) in [5, 5.41) is 0. The van der Waals surface area contributed by atoms with Crippen molar-refractivity contribution in [2.24, 2.45) is 0 Å². The molecule has 27 heavy (non-hydrogen) atoms. The fraction of sp³-hybridized carbons (Fsp3) is 0.588. The van der Waals surface area contributed by atoms with Gasteiger partial charge in [0.1, 0.15) is 0 Å². The molecule has 0 atom stereocenters. The molecule has 0 bridgehead atoms. The highest BCUT2D eigenvalue weighted by Crippen LogP contribution is 2.32. The van der Waals surface area contributed by atoms with E-state index in [0.29, 0.717) is 35.8 Å². The minimum Gasteiger partial charge on any atom is -0.429 e. The Labute approximate surface area is 163 Å². The first-order valence-electron chi connectivity index (χ1n) is 8.87. The Kier molecular flexibility index (Phi) is 4.90. The number of aromatic nitrogens is 1. The van der Waals surface area contributed by atoms with Gasteiger partial charge in [0.2, 0.25) is 10.0 Å². The van der Waals surface area contributed by atoms with Gasteiger partial charge in [-0.3, -0.25) is 9.47 Å². The second-order valence-corrected chi connectivity index (χ2v) is 9.58. The van der Waals surface area contributed by atoms with Crippen LogP contribution in [-0.4, -0.2) is 68.4 Å². The molecule has 0 unspecified atom stereocenters. The van der Waals surface area contributed by atoms with Crippen molar-refractivity contribution < 1.29 is 22.3 Å². The molecule has 0 amide bonds. The molecule has 148 valence electrons. The molecule has 0 radical (unpaired) electrons. The summed E-state index contributed by atoms with van der Waals surface area (Å²) >= 11 is 5.37. The summed E-state index contributed by atoms with van der Waals surface area (Å²) < 4.78 is 45.1. The van der Waals surface area contributed by atoms with E-state index in [0.717, 1.165) is 25.9 Å². The number of nitrogens with zero attached hydrogens (tertiary/aromatic N) is 3. The van der Waals surface area contributed by atoms with Gasteiger partial charge in [-0.2, -0.15) is 0 Å². The third-order valence-corrected chi connectivity index (χ3v) is 7.31. The Balaban J connectivity index is 1.60. The van der Waals surface area contributed by atoms with Crippen molar-refractivity contribution in [3.63, 3.8) is 0 Å². The quantitative estimate of drug-likeness (QED) is 0.710. The van der Waals surface area contributed by atoms with Gasteiger partial charge < -0.3 is 13.9 Å². The number of hydrogen-bond acceptors (Lipinski definition) is 7. The zero-order valence-electron chi connectivity index (χ0n) is 15.4. The van der Waals surface area contributed by atoms with Crippen LogP contribution in [0.25, 0.3) is 11.1 Å². The molecule has 2 saturated heterocycles. The van der Waals surface area contributed by atoms with Gasteiger partial charge in [0.05, 0.1) is 30.3 Å². The van der Waals surface area contributed by atoms with Gasteiger partial charge in [-0.05, 0) is 30.4 Å². The van der Waals surface area contributed by atoms with E-state index in [1.54, 1.807) is 18.2 Å². The molecule has 0 aliphatic carbocycles. The maximum Gasteiger partial charge on any atom is 0.270 e. The number of rotatable bonds is 4. The average molecular weight is 414 g/mol. The third kappa shape index (κ3) is 3.45. The van der Waals surface area contributed by atoms with Crippen molar-refractivity contribution in [1.29, 1.82) is 0 Å². The Morgan fingerprint density at radius 2 is 1.85 bits per heavy atom. The van der Waals surface area contributed by atoms with Gasteiger partial charge in [0.25, 0.3) is 4.84 Å². The van der Waals surface area contributed by atoms with E-state index in [1.165, 1.54) is 18.4 Å². The molecule has 2 aromatic rings. The second-order valence-electron chi connectivity index (χ2n) is 7.08. The van der Waals surface area contributed by atoms with E-state index in [2.05, 4.69) is 4.90 Å². The fourth-order valence-electron chi connectivity index (χ4n) is 3.57. The first kappa shape index (κ1) is 19.0. The normalized spacial score (nSPS) is 20.9. The van der Waals surface area contributed by atoms with E-state index in [-0.39, 0.29) is 4.90 Å². The second kappa shape index (κ2) is 6.94. The summed E-state index contributed by atoms with van der Waals surface area (Å²) in [7, 11) is -0.502. The van der Waals surface area contributed by atoms with Gasteiger partial charge in [-0.25, -0.2) is 12.7 Å². The van der Waals surface area contributed by atoms with Gasteiger partial charge in [0, 0.05) is 40.0 Å². The number of fused-ring (bicyclic) bond motifs is 1. The molecule has 2 fully saturated rings. The lowest BCUT2D eigenvalue weighted by Gasteiger charge is -2.37. The summed E-state index contributed by atoms with van der Waals surface area (Å²) in [4.78, 5) is 2.79. The summed E-state index contributed by atoms with van der Waals surface area (Å²) in [6.07, 6.45) is 1.60. The Morgan fingerprint density at radius 1 is 1.19 bits per heavy atom. The molecule has 3 heterocycles. The number of benzene rings is 1. The lowest BCUT2D eigenvalue weighted by molar-refractivity contribution is -0.187. The van der Waals surface area contributed by atoms with E-state index in [4.69, 9.17) is 26.1 Å². The number of ether oxygens (including phenoxy) is 2. The van der Waals surface area contributed by atoms with E-state index >= 15 is 0 Å². The van der Waals surface area contributed by atoms with Crippen LogP contribution in [0.4, 0.5) is 0 Å². The van der Waals surface area contributed by atoms with Crippen LogP contribution in [-0.2, 0) is 26.2 Å².